The highest BCUT2D eigenvalue weighted by molar-refractivity contribution is 5.94. The first kappa shape index (κ1) is 16.0. The number of nitrogens with two attached hydrogens (primary N) is 1. The summed E-state index contributed by atoms with van der Waals surface area (Å²) in [4.78, 5) is 22.4. The molecule has 1 unspecified atom stereocenters. The Morgan fingerprint density at radius 2 is 2.00 bits per heavy atom. The number of nitrogens with one attached hydrogen (secondary N) is 1. The summed E-state index contributed by atoms with van der Waals surface area (Å²) in [6.45, 7) is 2.39. The number of carbonyl (C=O) groups excluding carboxylic acids is 2. The lowest BCUT2D eigenvalue weighted by atomic mass is 10.1. The van der Waals surface area contributed by atoms with Crippen LogP contribution in [0.2, 0.25) is 0 Å². The van der Waals surface area contributed by atoms with Gasteiger partial charge in [0.25, 0.3) is 11.8 Å². The molecule has 20 heavy (non-hydrogen) atoms. The van der Waals surface area contributed by atoms with E-state index in [4.69, 9.17) is 15.6 Å². The standard InChI is InChI=1S/C14H20N2O4/c1-10(6-7-17)8-16-14(19)11-2-4-12(5-3-11)20-9-13(15)18/h2-5,10,17H,6-9H2,1H3,(H2,15,18)(H,16,19). The first-order valence-electron chi connectivity index (χ1n) is 6.43. The smallest absolute Gasteiger partial charge is 0.255 e. The Hall–Kier alpha value is -2.08. The van der Waals surface area contributed by atoms with E-state index in [1.165, 1.54) is 0 Å². The van der Waals surface area contributed by atoms with Crippen molar-refractivity contribution < 1.29 is 19.4 Å². The minimum atomic E-state index is -0.551. The van der Waals surface area contributed by atoms with Crippen LogP contribution in [0, 0.1) is 5.92 Å². The summed E-state index contributed by atoms with van der Waals surface area (Å²) in [7, 11) is 0. The fourth-order valence-electron chi connectivity index (χ4n) is 1.55. The number of aliphatic hydroxyl groups excluding tert-OH is 1. The largest absolute Gasteiger partial charge is 0.484 e. The van der Waals surface area contributed by atoms with Crippen molar-refractivity contribution in [1.82, 2.24) is 5.32 Å². The van der Waals surface area contributed by atoms with Crippen molar-refractivity contribution in [3.05, 3.63) is 29.8 Å². The SMILES string of the molecule is CC(CCO)CNC(=O)c1ccc(OCC(N)=O)cc1. The molecule has 4 N–H and O–H groups in total. The van der Waals surface area contributed by atoms with Crippen LogP contribution in [0.15, 0.2) is 24.3 Å². The van der Waals surface area contributed by atoms with Crippen LogP contribution in [0.25, 0.3) is 0 Å². The summed E-state index contributed by atoms with van der Waals surface area (Å²) in [6, 6.07) is 6.44. The lowest BCUT2D eigenvalue weighted by molar-refractivity contribution is -0.119. The van der Waals surface area contributed by atoms with Crippen molar-refractivity contribution in [3.8, 4) is 5.75 Å². The van der Waals surface area contributed by atoms with Gasteiger partial charge in [-0.2, -0.15) is 0 Å². The molecule has 0 bridgehead atoms. The number of amides is 2. The maximum Gasteiger partial charge on any atom is 0.255 e. The first-order valence-corrected chi connectivity index (χ1v) is 6.43. The highest BCUT2D eigenvalue weighted by Crippen LogP contribution is 2.12. The molecule has 0 radical (unpaired) electrons. The summed E-state index contributed by atoms with van der Waals surface area (Å²) in [5.41, 5.74) is 5.47. The zero-order valence-corrected chi connectivity index (χ0v) is 11.5. The fourth-order valence-corrected chi connectivity index (χ4v) is 1.55. The molecule has 0 saturated carbocycles. The van der Waals surface area contributed by atoms with E-state index in [0.29, 0.717) is 24.3 Å². The van der Waals surface area contributed by atoms with Gasteiger partial charge in [0.15, 0.2) is 6.61 Å². The van der Waals surface area contributed by atoms with Gasteiger partial charge in [0, 0.05) is 18.7 Å². The van der Waals surface area contributed by atoms with E-state index in [1.807, 2.05) is 6.92 Å². The zero-order chi connectivity index (χ0) is 15.0. The van der Waals surface area contributed by atoms with Crippen LogP contribution in [-0.4, -0.2) is 36.7 Å². The van der Waals surface area contributed by atoms with Gasteiger partial charge in [-0.1, -0.05) is 6.92 Å². The molecule has 1 aromatic rings. The van der Waals surface area contributed by atoms with Gasteiger partial charge in [0.2, 0.25) is 0 Å². The van der Waals surface area contributed by atoms with Crippen LogP contribution < -0.4 is 15.8 Å². The van der Waals surface area contributed by atoms with Gasteiger partial charge in [-0.05, 0) is 36.6 Å². The van der Waals surface area contributed by atoms with Crippen LogP contribution in [0.4, 0.5) is 0 Å². The zero-order valence-electron chi connectivity index (χ0n) is 11.5. The maximum atomic E-state index is 11.8. The number of primary amides is 1. The molecule has 0 aromatic heterocycles. The molecular formula is C14H20N2O4. The molecule has 1 atom stereocenters. The highest BCUT2D eigenvalue weighted by atomic mass is 16.5. The number of rotatable bonds is 8. The number of carbonyl (C=O) groups is 2. The summed E-state index contributed by atoms with van der Waals surface area (Å²) >= 11 is 0. The Morgan fingerprint density at radius 3 is 2.55 bits per heavy atom. The van der Waals surface area contributed by atoms with Crippen LogP contribution in [0.3, 0.4) is 0 Å². The second-order valence-corrected chi connectivity index (χ2v) is 4.61. The van der Waals surface area contributed by atoms with Gasteiger partial charge >= 0.3 is 0 Å². The van der Waals surface area contributed by atoms with Gasteiger partial charge in [-0.25, -0.2) is 0 Å². The molecule has 0 aliphatic carbocycles. The predicted octanol–water partition coefficient (Wildman–Crippen LogP) is 0.299. The Morgan fingerprint density at radius 1 is 1.35 bits per heavy atom. The van der Waals surface area contributed by atoms with Crippen LogP contribution in [0.1, 0.15) is 23.7 Å². The van der Waals surface area contributed by atoms with Gasteiger partial charge < -0.3 is 20.9 Å². The number of hydrogen-bond donors (Lipinski definition) is 3. The number of hydrogen-bond acceptors (Lipinski definition) is 4. The molecule has 6 nitrogen and oxygen atoms in total. The van der Waals surface area contributed by atoms with Crippen LogP contribution >= 0.6 is 0 Å². The molecule has 110 valence electrons. The molecule has 0 spiro atoms. The first-order chi connectivity index (χ1) is 9.52. The predicted molar refractivity (Wildman–Crippen MR) is 74.3 cm³/mol. The third kappa shape index (κ3) is 5.71. The lowest BCUT2D eigenvalue weighted by Crippen LogP contribution is -2.28. The lowest BCUT2D eigenvalue weighted by Gasteiger charge is -2.11. The average Bonchev–Trinajstić information content (AvgIpc) is 2.43. The molecular weight excluding hydrogens is 260 g/mol. The van der Waals surface area contributed by atoms with Crippen molar-refractivity contribution in [3.63, 3.8) is 0 Å². The Bertz CT molecular complexity index is 445. The Kier molecular flexibility index (Phi) is 6.52. The molecule has 0 fully saturated rings. The molecule has 1 aromatic carbocycles. The molecule has 0 aliphatic rings. The van der Waals surface area contributed by atoms with E-state index < -0.39 is 5.91 Å². The van der Waals surface area contributed by atoms with Crippen molar-refractivity contribution in [2.45, 2.75) is 13.3 Å². The minimum absolute atomic E-state index is 0.114. The molecule has 6 heteroatoms. The van der Waals surface area contributed by atoms with E-state index in [0.717, 1.165) is 0 Å². The maximum absolute atomic E-state index is 11.8. The van der Waals surface area contributed by atoms with E-state index >= 15 is 0 Å². The van der Waals surface area contributed by atoms with Crippen LogP contribution in [0.5, 0.6) is 5.75 Å². The van der Waals surface area contributed by atoms with E-state index in [2.05, 4.69) is 5.32 Å². The summed E-state index contributed by atoms with van der Waals surface area (Å²) in [5, 5.41) is 11.6. The Labute approximate surface area is 117 Å². The fraction of sp³-hybridized carbons (Fsp3) is 0.429. The molecule has 0 saturated heterocycles. The normalized spacial score (nSPS) is 11.7. The van der Waals surface area contributed by atoms with Gasteiger partial charge in [-0.3, -0.25) is 9.59 Å². The number of ether oxygens (including phenoxy) is 1. The average molecular weight is 280 g/mol. The molecule has 1 rings (SSSR count). The van der Waals surface area contributed by atoms with E-state index in [-0.39, 0.29) is 25.0 Å². The Balaban J connectivity index is 2.46. The number of aliphatic hydroxyl groups is 1. The van der Waals surface area contributed by atoms with Crippen molar-refractivity contribution in [2.24, 2.45) is 11.7 Å². The van der Waals surface area contributed by atoms with E-state index in [9.17, 15) is 9.59 Å². The minimum Gasteiger partial charge on any atom is -0.484 e. The third-order valence-electron chi connectivity index (χ3n) is 2.73. The van der Waals surface area contributed by atoms with E-state index in [1.54, 1.807) is 24.3 Å². The van der Waals surface area contributed by atoms with Crippen molar-refractivity contribution in [1.29, 1.82) is 0 Å². The van der Waals surface area contributed by atoms with Crippen LogP contribution in [-0.2, 0) is 4.79 Å². The third-order valence-corrected chi connectivity index (χ3v) is 2.73. The topological polar surface area (TPSA) is 102 Å². The van der Waals surface area contributed by atoms with Gasteiger partial charge in [0.1, 0.15) is 5.75 Å². The quantitative estimate of drug-likeness (QED) is 0.637. The highest BCUT2D eigenvalue weighted by Gasteiger charge is 2.08. The second kappa shape index (κ2) is 8.16. The second-order valence-electron chi connectivity index (χ2n) is 4.61. The van der Waals surface area contributed by atoms with Gasteiger partial charge in [-0.15, -0.1) is 0 Å². The van der Waals surface area contributed by atoms with Gasteiger partial charge in [0.05, 0.1) is 0 Å². The van der Waals surface area contributed by atoms with Crippen molar-refractivity contribution in [2.75, 3.05) is 19.8 Å². The molecule has 0 aliphatic heterocycles. The summed E-state index contributed by atoms with van der Waals surface area (Å²) in [5.74, 6) is -0.0305. The molecule has 0 heterocycles. The summed E-state index contributed by atoms with van der Waals surface area (Å²) < 4.78 is 5.10. The molecule has 2 amide bonds. The van der Waals surface area contributed by atoms with Crippen molar-refractivity contribution >= 4 is 11.8 Å². The summed E-state index contributed by atoms with van der Waals surface area (Å²) in [6.07, 6.45) is 0.653. The monoisotopic (exact) mass is 280 g/mol. The number of benzene rings is 1.